The van der Waals surface area contributed by atoms with Crippen molar-refractivity contribution in [2.24, 2.45) is 0 Å². The van der Waals surface area contributed by atoms with Crippen LogP contribution in [0.2, 0.25) is 5.15 Å². The molecule has 0 atom stereocenters. The lowest BCUT2D eigenvalue weighted by Crippen LogP contribution is -2.23. The smallest absolute Gasteiger partial charge is 0.187 e. The molecule has 0 aliphatic carbocycles. The molecule has 0 radical (unpaired) electrons. The summed E-state index contributed by atoms with van der Waals surface area (Å²) in [6.45, 7) is 2.21. The molecule has 2 rings (SSSR count). The normalized spacial score (nSPS) is 17.9. The van der Waals surface area contributed by atoms with Crippen LogP contribution in [-0.2, 0) is 5.88 Å². The molecule has 15 heavy (non-hydrogen) atoms. The lowest BCUT2D eigenvalue weighted by Gasteiger charge is -2.18. The quantitative estimate of drug-likeness (QED) is 0.753. The average molecular weight is 265 g/mol. The summed E-state index contributed by atoms with van der Waals surface area (Å²) < 4.78 is 0. The minimum Gasteiger partial charge on any atom is -0.348 e. The van der Waals surface area contributed by atoms with Gasteiger partial charge < -0.3 is 4.90 Å². The number of thiazole rings is 1. The molecule has 1 aromatic heterocycles. The van der Waals surface area contributed by atoms with E-state index in [9.17, 15) is 0 Å². The Kier molecular flexibility index (Phi) is 4.12. The molecule has 0 amide bonds. The molecule has 1 saturated heterocycles. The van der Waals surface area contributed by atoms with Crippen molar-refractivity contribution < 1.29 is 0 Å². The number of hydrogen-bond donors (Lipinski definition) is 0. The van der Waals surface area contributed by atoms with Gasteiger partial charge in [0, 0.05) is 13.1 Å². The maximum Gasteiger partial charge on any atom is 0.187 e. The van der Waals surface area contributed by atoms with Crippen molar-refractivity contribution in [1.82, 2.24) is 4.98 Å². The maximum absolute atomic E-state index is 5.99. The molecule has 1 aliphatic rings. The molecular formula is C10H14Cl2N2S. The highest BCUT2D eigenvalue weighted by atomic mass is 35.5. The van der Waals surface area contributed by atoms with Crippen LogP contribution in [0, 0.1) is 0 Å². The highest BCUT2D eigenvalue weighted by Gasteiger charge is 2.15. The minimum absolute atomic E-state index is 0.463. The van der Waals surface area contributed by atoms with Gasteiger partial charge in [0.2, 0.25) is 0 Å². The van der Waals surface area contributed by atoms with Crippen LogP contribution in [0.25, 0.3) is 0 Å². The van der Waals surface area contributed by atoms with E-state index in [4.69, 9.17) is 23.2 Å². The predicted molar refractivity (Wildman–Crippen MR) is 67.4 cm³/mol. The first-order valence-electron chi connectivity index (χ1n) is 5.27. The summed E-state index contributed by atoms with van der Waals surface area (Å²) in [6, 6.07) is 0. The topological polar surface area (TPSA) is 16.1 Å². The Morgan fingerprint density at radius 2 is 1.87 bits per heavy atom. The molecular weight excluding hydrogens is 251 g/mol. The van der Waals surface area contributed by atoms with Gasteiger partial charge in [-0.05, 0) is 12.8 Å². The summed E-state index contributed by atoms with van der Waals surface area (Å²) in [4.78, 5) is 7.69. The summed E-state index contributed by atoms with van der Waals surface area (Å²) >= 11 is 13.4. The number of aromatic nitrogens is 1. The zero-order valence-electron chi connectivity index (χ0n) is 8.51. The highest BCUT2D eigenvalue weighted by molar-refractivity contribution is 7.16. The molecule has 0 aromatic carbocycles. The lowest BCUT2D eigenvalue weighted by molar-refractivity contribution is 0.726. The lowest BCUT2D eigenvalue weighted by atomic mass is 10.2. The van der Waals surface area contributed by atoms with Gasteiger partial charge >= 0.3 is 0 Å². The fraction of sp³-hybridized carbons (Fsp3) is 0.700. The van der Waals surface area contributed by atoms with Gasteiger partial charge in [0.15, 0.2) is 5.13 Å². The van der Waals surface area contributed by atoms with Crippen molar-refractivity contribution in [3.05, 3.63) is 10.0 Å². The van der Waals surface area contributed by atoms with E-state index in [0.29, 0.717) is 11.0 Å². The van der Waals surface area contributed by atoms with Crippen LogP contribution in [0.1, 0.15) is 30.6 Å². The summed E-state index contributed by atoms with van der Waals surface area (Å²) in [7, 11) is 0. The van der Waals surface area contributed by atoms with Crippen molar-refractivity contribution in [2.45, 2.75) is 31.6 Å². The standard InChI is InChI=1S/C10H14Cl2N2S/c11-7-8-9(12)13-10(15-8)14-5-3-1-2-4-6-14/h1-7H2. The van der Waals surface area contributed by atoms with Crippen molar-refractivity contribution >= 4 is 39.7 Å². The van der Waals surface area contributed by atoms with Gasteiger partial charge in [-0.15, -0.1) is 11.6 Å². The van der Waals surface area contributed by atoms with Crippen LogP contribution in [0.5, 0.6) is 0 Å². The largest absolute Gasteiger partial charge is 0.348 e. The molecule has 84 valence electrons. The zero-order chi connectivity index (χ0) is 10.7. The van der Waals surface area contributed by atoms with Gasteiger partial charge in [-0.3, -0.25) is 0 Å². The first-order valence-corrected chi connectivity index (χ1v) is 7.00. The van der Waals surface area contributed by atoms with Gasteiger partial charge in [-0.2, -0.15) is 0 Å². The first-order chi connectivity index (χ1) is 7.31. The van der Waals surface area contributed by atoms with E-state index in [-0.39, 0.29) is 0 Å². The Hall–Kier alpha value is 0.01000. The number of alkyl halides is 1. The molecule has 0 spiro atoms. The van der Waals surface area contributed by atoms with Crippen molar-refractivity contribution in [3.63, 3.8) is 0 Å². The van der Waals surface area contributed by atoms with E-state index in [1.165, 1.54) is 25.7 Å². The summed E-state index contributed by atoms with van der Waals surface area (Å²) in [5.41, 5.74) is 0. The number of rotatable bonds is 2. The molecule has 0 saturated carbocycles. The molecule has 1 fully saturated rings. The van der Waals surface area contributed by atoms with Gasteiger partial charge in [-0.1, -0.05) is 35.8 Å². The fourth-order valence-electron chi connectivity index (χ4n) is 1.80. The van der Waals surface area contributed by atoms with Gasteiger partial charge in [-0.25, -0.2) is 4.98 Å². The molecule has 5 heteroatoms. The Labute approximate surface area is 104 Å². The molecule has 0 bridgehead atoms. The maximum atomic E-state index is 5.99. The molecule has 0 N–H and O–H groups in total. The Bertz CT molecular complexity index is 319. The van der Waals surface area contributed by atoms with E-state index in [1.807, 2.05) is 0 Å². The molecule has 2 nitrogen and oxygen atoms in total. The number of hydrogen-bond acceptors (Lipinski definition) is 3. The highest BCUT2D eigenvalue weighted by Crippen LogP contribution is 2.31. The fourth-order valence-corrected chi connectivity index (χ4v) is 3.33. The third-order valence-corrected chi connectivity index (χ3v) is 4.60. The zero-order valence-corrected chi connectivity index (χ0v) is 10.8. The third-order valence-electron chi connectivity index (χ3n) is 2.64. The average Bonchev–Trinajstić information content (AvgIpc) is 2.48. The summed E-state index contributed by atoms with van der Waals surface area (Å²) in [5, 5.41) is 1.62. The third kappa shape index (κ3) is 2.77. The van der Waals surface area contributed by atoms with Crippen LogP contribution in [0.4, 0.5) is 5.13 Å². The SMILES string of the molecule is ClCc1sc(N2CCCCCC2)nc1Cl. The second-order valence-corrected chi connectivity index (χ2v) is 5.43. The van der Waals surface area contributed by atoms with E-state index < -0.39 is 0 Å². The number of anilines is 1. The van der Waals surface area contributed by atoms with Gasteiger partial charge in [0.1, 0.15) is 5.15 Å². The predicted octanol–water partition coefficient (Wildman–Crippen LogP) is 3.92. The Morgan fingerprint density at radius 3 is 2.40 bits per heavy atom. The van der Waals surface area contributed by atoms with E-state index in [1.54, 1.807) is 11.3 Å². The van der Waals surface area contributed by atoms with Gasteiger partial charge in [0.05, 0.1) is 10.8 Å². The second kappa shape index (κ2) is 5.37. The summed E-state index contributed by atoms with van der Waals surface area (Å²) in [5.74, 6) is 0.463. The Morgan fingerprint density at radius 1 is 1.20 bits per heavy atom. The van der Waals surface area contributed by atoms with E-state index in [0.717, 1.165) is 23.1 Å². The molecule has 1 aliphatic heterocycles. The van der Waals surface area contributed by atoms with Crippen molar-refractivity contribution in [2.75, 3.05) is 18.0 Å². The number of nitrogens with zero attached hydrogens (tertiary/aromatic N) is 2. The van der Waals surface area contributed by atoms with E-state index in [2.05, 4.69) is 9.88 Å². The van der Waals surface area contributed by atoms with Crippen molar-refractivity contribution in [1.29, 1.82) is 0 Å². The molecule has 0 unspecified atom stereocenters. The van der Waals surface area contributed by atoms with E-state index >= 15 is 0 Å². The molecule has 2 heterocycles. The van der Waals surface area contributed by atoms with Crippen LogP contribution < -0.4 is 4.90 Å². The van der Waals surface area contributed by atoms with Crippen LogP contribution in [0.3, 0.4) is 0 Å². The number of halogens is 2. The van der Waals surface area contributed by atoms with Gasteiger partial charge in [0.25, 0.3) is 0 Å². The van der Waals surface area contributed by atoms with Crippen LogP contribution >= 0.6 is 34.5 Å². The minimum atomic E-state index is 0.463. The van der Waals surface area contributed by atoms with Crippen LogP contribution in [-0.4, -0.2) is 18.1 Å². The first kappa shape index (κ1) is 11.5. The molecule has 1 aromatic rings. The summed E-state index contributed by atoms with van der Waals surface area (Å²) in [6.07, 6.45) is 5.18. The second-order valence-electron chi connectivity index (χ2n) is 3.75. The monoisotopic (exact) mass is 264 g/mol. The van der Waals surface area contributed by atoms with Crippen molar-refractivity contribution in [3.8, 4) is 0 Å². The van der Waals surface area contributed by atoms with Crippen LogP contribution in [0.15, 0.2) is 0 Å². The Balaban J connectivity index is 2.12.